The molecule has 0 saturated heterocycles. The van der Waals surface area contributed by atoms with E-state index in [0.29, 0.717) is 5.41 Å². The minimum atomic E-state index is -0.407. The molecular weight excluding hydrogens is 136 g/mol. The lowest BCUT2D eigenvalue weighted by Gasteiger charge is -2.44. The van der Waals surface area contributed by atoms with Crippen LogP contribution in [0.1, 0.15) is 47.0 Å². The largest absolute Gasteiger partial charge is 0.390 e. The highest BCUT2D eigenvalue weighted by atomic mass is 16.3. The molecule has 0 aromatic carbocycles. The topological polar surface area (TPSA) is 20.2 Å². The van der Waals surface area contributed by atoms with Crippen molar-refractivity contribution in [1.29, 1.82) is 0 Å². The maximum absolute atomic E-state index is 9.83. The van der Waals surface area contributed by atoms with Crippen LogP contribution in [0.2, 0.25) is 0 Å². The van der Waals surface area contributed by atoms with Crippen molar-refractivity contribution < 1.29 is 5.11 Å². The van der Waals surface area contributed by atoms with Crippen LogP contribution in [0.4, 0.5) is 0 Å². The summed E-state index contributed by atoms with van der Waals surface area (Å²) in [6.07, 6.45) is 3.08. The van der Waals surface area contributed by atoms with Gasteiger partial charge in [-0.3, -0.25) is 0 Å². The van der Waals surface area contributed by atoms with Gasteiger partial charge in [0, 0.05) is 0 Å². The summed E-state index contributed by atoms with van der Waals surface area (Å²) in [5, 5.41) is 9.83. The van der Waals surface area contributed by atoms with E-state index in [1.165, 1.54) is 6.42 Å². The lowest BCUT2D eigenvalue weighted by Crippen LogP contribution is -2.40. The van der Waals surface area contributed by atoms with Gasteiger partial charge in [0.05, 0.1) is 5.60 Å². The summed E-state index contributed by atoms with van der Waals surface area (Å²) >= 11 is 0. The predicted octanol–water partition coefficient (Wildman–Crippen LogP) is 2.58. The van der Waals surface area contributed by atoms with E-state index in [-0.39, 0.29) is 0 Å². The second-order valence-electron chi connectivity index (χ2n) is 5.10. The predicted molar refractivity (Wildman–Crippen MR) is 47.4 cm³/mol. The van der Waals surface area contributed by atoms with Gasteiger partial charge in [0.1, 0.15) is 0 Å². The van der Waals surface area contributed by atoms with Gasteiger partial charge < -0.3 is 5.11 Å². The van der Waals surface area contributed by atoms with Gasteiger partial charge in [-0.25, -0.2) is 0 Å². The van der Waals surface area contributed by atoms with Gasteiger partial charge in [-0.1, -0.05) is 20.8 Å². The molecule has 1 fully saturated rings. The molecule has 1 nitrogen and oxygen atoms in total. The molecule has 1 rings (SSSR count). The van der Waals surface area contributed by atoms with Crippen molar-refractivity contribution >= 4 is 0 Å². The Bertz CT molecular complexity index is 147. The highest BCUT2D eigenvalue weighted by molar-refractivity contribution is 4.90. The fraction of sp³-hybridized carbons (Fsp3) is 1.00. The van der Waals surface area contributed by atoms with Crippen LogP contribution in [0.5, 0.6) is 0 Å². The summed E-state index contributed by atoms with van der Waals surface area (Å²) in [6, 6.07) is 0. The first-order valence-corrected chi connectivity index (χ1v) is 4.56. The van der Waals surface area contributed by atoms with E-state index < -0.39 is 5.60 Å². The van der Waals surface area contributed by atoms with Gasteiger partial charge in [-0.05, 0) is 37.5 Å². The Kier molecular flexibility index (Phi) is 2.04. The molecule has 1 aliphatic rings. The standard InChI is InChI=1S/C10H20O/c1-8-5-6-10(4,11)7-9(8,2)3/h8,11H,5-7H2,1-4H3/t8-,10+/m0/s1. The smallest absolute Gasteiger partial charge is 0.0625 e. The van der Waals surface area contributed by atoms with Crippen LogP contribution in [-0.2, 0) is 0 Å². The zero-order valence-electron chi connectivity index (χ0n) is 8.15. The molecular formula is C10H20O. The molecule has 0 heterocycles. The van der Waals surface area contributed by atoms with E-state index in [9.17, 15) is 5.11 Å². The summed E-state index contributed by atoms with van der Waals surface area (Å²) in [6.45, 7) is 8.76. The third-order valence-electron chi connectivity index (χ3n) is 3.29. The fourth-order valence-electron chi connectivity index (χ4n) is 2.16. The lowest BCUT2D eigenvalue weighted by molar-refractivity contribution is -0.0471. The Morgan fingerprint density at radius 1 is 1.27 bits per heavy atom. The highest BCUT2D eigenvalue weighted by Crippen LogP contribution is 2.44. The van der Waals surface area contributed by atoms with Gasteiger partial charge in [0.15, 0.2) is 0 Å². The Morgan fingerprint density at radius 2 is 1.82 bits per heavy atom. The molecule has 1 N–H and O–H groups in total. The fourth-order valence-corrected chi connectivity index (χ4v) is 2.16. The SMILES string of the molecule is C[C@H]1CC[C@@](C)(O)CC1(C)C. The van der Waals surface area contributed by atoms with Crippen molar-refractivity contribution in [2.45, 2.75) is 52.6 Å². The van der Waals surface area contributed by atoms with E-state index in [1.807, 2.05) is 6.92 Å². The Labute approximate surface area is 69.8 Å². The van der Waals surface area contributed by atoms with Crippen molar-refractivity contribution in [2.75, 3.05) is 0 Å². The number of hydrogen-bond donors (Lipinski definition) is 1. The van der Waals surface area contributed by atoms with E-state index in [1.54, 1.807) is 0 Å². The van der Waals surface area contributed by atoms with Gasteiger partial charge in [0.25, 0.3) is 0 Å². The van der Waals surface area contributed by atoms with E-state index in [0.717, 1.165) is 18.8 Å². The maximum atomic E-state index is 9.83. The highest BCUT2D eigenvalue weighted by Gasteiger charge is 2.39. The van der Waals surface area contributed by atoms with Gasteiger partial charge in [-0.2, -0.15) is 0 Å². The van der Waals surface area contributed by atoms with Crippen molar-refractivity contribution in [2.24, 2.45) is 11.3 Å². The number of rotatable bonds is 0. The van der Waals surface area contributed by atoms with Crippen LogP contribution in [0.25, 0.3) is 0 Å². The normalized spacial score (nSPS) is 43.9. The molecule has 0 aromatic heterocycles. The lowest BCUT2D eigenvalue weighted by atomic mass is 9.64. The second-order valence-corrected chi connectivity index (χ2v) is 5.10. The number of aliphatic hydroxyl groups is 1. The summed E-state index contributed by atoms with van der Waals surface area (Å²) in [5.74, 6) is 0.753. The van der Waals surface area contributed by atoms with E-state index >= 15 is 0 Å². The maximum Gasteiger partial charge on any atom is 0.0625 e. The van der Waals surface area contributed by atoms with Crippen molar-refractivity contribution in [3.63, 3.8) is 0 Å². The molecule has 0 aliphatic heterocycles. The van der Waals surface area contributed by atoms with Crippen molar-refractivity contribution in [3.8, 4) is 0 Å². The Hall–Kier alpha value is -0.0400. The van der Waals surface area contributed by atoms with Crippen molar-refractivity contribution in [1.82, 2.24) is 0 Å². The molecule has 0 aromatic rings. The molecule has 66 valence electrons. The monoisotopic (exact) mass is 156 g/mol. The minimum absolute atomic E-state index is 0.321. The zero-order valence-corrected chi connectivity index (χ0v) is 8.15. The third-order valence-corrected chi connectivity index (χ3v) is 3.29. The Morgan fingerprint density at radius 3 is 2.18 bits per heavy atom. The Balaban J connectivity index is 2.67. The van der Waals surface area contributed by atoms with Crippen LogP contribution in [-0.4, -0.2) is 10.7 Å². The van der Waals surface area contributed by atoms with E-state index in [4.69, 9.17) is 0 Å². The summed E-state index contributed by atoms with van der Waals surface area (Å²) < 4.78 is 0. The molecule has 0 radical (unpaired) electrons. The third kappa shape index (κ3) is 1.96. The zero-order chi connectivity index (χ0) is 8.70. The molecule has 2 atom stereocenters. The van der Waals surface area contributed by atoms with Crippen LogP contribution < -0.4 is 0 Å². The number of hydrogen-bond acceptors (Lipinski definition) is 1. The minimum Gasteiger partial charge on any atom is -0.390 e. The van der Waals surface area contributed by atoms with Crippen LogP contribution in [0.3, 0.4) is 0 Å². The first kappa shape index (κ1) is 9.05. The molecule has 1 aliphatic carbocycles. The quantitative estimate of drug-likeness (QED) is 0.571. The van der Waals surface area contributed by atoms with Gasteiger partial charge in [0.2, 0.25) is 0 Å². The van der Waals surface area contributed by atoms with Crippen molar-refractivity contribution in [3.05, 3.63) is 0 Å². The van der Waals surface area contributed by atoms with Crippen LogP contribution >= 0.6 is 0 Å². The molecule has 1 saturated carbocycles. The van der Waals surface area contributed by atoms with Crippen LogP contribution in [0.15, 0.2) is 0 Å². The summed E-state index contributed by atoms with van der Waals surface area (Å²) in [5.41, 5.74) is -0.0856. The first-order chi connectivity index (χ1) is 4.83. The average Bonchev–Trinajstić information content (AvgIpc) is 1.77. The molecule has 0 amide bonds. The average molecular weight is 156 g/mol. The van der Waals surface area contributed by atoms with E-state index in [2.05, 4.69) is 20.8 Å². The van der Waals surface area contributed by atoms with Gasteiger partial charge in [-0.15, -0.1) is 0 Å². The van der Waals surface area contributed by atoms with Gasteiger partial charge >= 0.3 is 0 Å². The second kappa shape index (κ2) is 2.48. The summed E-state index contributed by atoms with van der Waals surface area (Å²) in [7, 11) is 0. The van der Waals surface area contributed by atoms with Crippen LogP contribution in [0, 0.1) is 11.3 Å². The molecule has 1 heteroatoms. The molecule has 0 bridgehead atoms. The molecule has 0 spiro atoms. The summed E-state index contributed by atoms with van der Waals surface area (Å²) in [4.78, 5) is 0. The molecule has 11 heavy (non-hydrogen) atoms. The molecule has 0 unspecified atom stereocenters. The first-order valence-electron chi connectivity index (χ1n) is 4.56.